The molecule has 2 heterocycles. The van der Waals surface area contributed by atoms with Gasteiger partial charge in [0.15, 0.2) is 0 Å². The molecule has 120 valence electrons. The van der Waals surface area contributed by atoms with Crippen molar-refractivity contribution in [3.63, 3.8) is 0 Å². The van der Waals surface area contributed by atoms with Crippen LogP contribution in [0.1, 0.15) is 25.7 Å². The Hall–Kier alpha value is -1.15. The lowest BCUT2D eigenvalue weighted by Crippen LogP contribution is -2.53. The molecule has 8 heteroatoms. The summed E-state index contributed by atoms with van der Waals surface area (Å²) in [5.41, 5.74) is 0. The van der Waals surface area contributed by atoms with E-state index in [0.717, 1.165) is 25.5 Å². The monoisotopic (exact) mass is 317 g/mol. The van der Waals surface area contributed by atoms with Gasteiger partial charge in [-0.05, 0) is 25.2 Å². The van der Waals surface area contributed by atoms with Gasteiger partial charge in [0.1, 0.15) is 0 Å². The van der Waals surface area contributed by atoms with Crippen molar-refractivity contribution in [2.45, 2.75) is 31.7 Å². The van der Waals surface area contributed by atoms with Crippen LogP contribution in [-0.2, 0) is 19.6 Å². The third-order valence-corrected chi connectivity index (χ3v) is 5.06. The van der Waals surface area contributed by atoms with Crippen molar-refractivity contribution in [1.29, 1.82) is 0 Å². The minimum atomic E-state index is -3.35. The van der Waals surface area contributed by atoms with E-state index in [4.69, 9.17) is 0 Å². The molecule has 0 unspecified atom stereocenters. The fourth-order valence-corrected chi connectivity index (χ4v) is 3.61. The zero-order chi connectivity index (χ0) is 15.6. The minimum absolute atomic E-state index is 0.181. The van der Waals surface area contributed by atoms with Gasteiger partial charge < -0.3 is 9.80 Å². The molecule has 7 nitrogen and oxygen atoms in total. The van der Waals surface area contributed by atoms with E-state index in [9.17, 15) is 18.0 Å². The van der Waals surface area contributed by atoms with E-state index in [1.165, 1.54) is 0 Å². The molecule has 0 saturated carbocycles. The van der Waals surface area contributed by atoms with Gasteiger partial charge in [0.2, 0.25) is 21.8 Å². The predicted molar refractivity (Wildman–Crippen MR) is 77.9 cm³/mol. The number of nitrogens with zero attached hydrogens (tertiary/aromatic N) is 2. The van der Waals surface area contributed by atoms with E-state index in [0.29, 0.717) is 19.5 Å². The number of carbonyl (C=O) groups excluding carboxylic acids is 2. The minimum Gasteiger partial charge on any atom is -0.342 e. The van der Waals surface area contributed by atoms with Crippen LogP contribution < -0.4 is 4.72 Å². The van der Waals surface area contributed by atoms with Crippen LogP contribution in [0.3, 0.4) is 0 Å². The van der Waals surface area contributed by atoms with Crippen molar-refractivity contribution in [2.75, 3.05) is 32.9 Å². The second-order valence-corrected chi connectivity index (χ2v) is 7.78. The van der Waals surface area contributed by atoms with Crippen LogP contribution >= 0.6 is 0 Å². The van der Waals surface area contributed by atoms with Gasteiger partial charge in [-0.3, -0.25) is 9.59 Å². The van der Waals surface area contributed by atoms with Crippen LogP contribution in [0, 0.1) is 5.92 Å². The van der Waals surface area contributed by atoms with Gasteiger partial charge in [-0.2, -0.15) is 0 Å². The Bertz CT molecular complexity index is 520. The number of hydrogen-bond acceptors (Lipinski definition) is 4. The molecule has 0 spiro atoms. The fourth-order valence-electron chi connectivity index (χ4n) is 3.22. The summed E-state index contributed by atoms with van der Waals surface area (Å²) in [6, 6.07) is 0.201. The molecule has 2 aliphatic rings. The molecule has 0 radical (unpaired) electrons. The average Bonchev–Trinajstić information content (AvgIpc) is 2.55. The molecule has 2 fully saturated rings. The molecule has 0 aliphatic carbocycles. The first-order valence-electron chi connectivity index (χ1n) is 7.26. The molecule has 0 aromatic rings. The van der Waals surface area contributed by atoms with Crippen LogP contribution in [0.5, 0.6) is 0 Å². The van der Waals surface area contributed by atoms with E-state index in [1.54, 1.807) is 4.90 Å². The van der Waals surface area contributed by atoms with Gasteiger partial charge in [-0.1, -0.05) is 0 Å². The Kier molecular flexibility index (Phi) is 4.88. The van der Waals surface area contributed by atoms with Gasteiger partial charge >= 0.3 is 0 Å². The molecular formula is C13H23N3O4S. The van der Waals surface area contributed by atoms with Crippen molar-refractivity contribution >= 4 is 21.8 Å². The summed E-state index contributed by atoms with van der Waals surface area (Å²) >= 11 is 0. The smallest absolute Gasteiger partial charge is 0.237 e. The maximum atomic E-state index is 12.1. The number of nitrogens with one attached hydrogen (secondary N) is 1. The van der Waals surface area contributed by atoms with Crippen molar-refractivity contribution in [2.24, 2.45) is 5.92 Å². The van der Waals surface area contributed by atoms with Crippen LogP contribution in [0.4, 0.5) is 0 Å². The van der Waals surface area contributed by atoms with Gasteiger partial charge in [0, 0.05) is 32.6 Å². The van der Waals surface area contributed by atoms with Crippen molar-refractivity contribution < 1.29 is 18.0 Å². The molecule has 1 N–H and O–H groups in total. The Balaban J connectivity index is 1.95. The first-order chi connectivity index (χ1) is 9.78. The van der Waals surface area contributed by atoms with E-state index in [-0.39, 0.29) is 30.3 Å². The number of carbonyl (C=O) groups is 2. The molecule has 2 atom stereocenters. The summed E-state index contributed by atoms with van der Waals surface area (Å²) in [5.74, 6) is 0.274. The van der Waals surface area contributed by atoms with Gasteiger partial charge in [0.25, 0.3) is 0 Å². The maximum Gasteiger partial charge on any atom is 0.237 e. The van der Waals surface area contributed by atoms with E-state index in [1.807, 2.05) is 11.9 Å². The highest BCUT2D eigenvalue weighted by atomic mass is 32.2. The second kappa shape index (κ2) is 6.31. The third kappa shape index (κ3) is 4.16. The SMILES string of the molecule is CN1C(=O)CCC[C@H]2CN(C(=O)CNS(C)(=O)=O)CC[C@H]21. The molecule has 2 amide bonds. The normalized spacial score (nSPS) is 27.2. The Morgan fingerprint density at radius 3 is 2.76 bits per heavy atom. The second-order valence-electron chi connectivity index (χ2n) is 5.95. The molecule has 0 aromatic heterocycles. The summed E-state index contributed by atoms with van der Waals surface area (Å²) in [7, 11) is -1.51. The van der Waals surface area contributed by atoms with Crippen molar-refractivity contribution in [3.8, 4) is 0 Å². The Morgan fingerprint density at radius 1 is 1.38 bits per heavy atom. The number of rotatable bonds is 3. The van der Waals surface area contributed by atoms with E-state index >= 15 is 0 Å². The molecular weight excluding hydrogens is 294 g/mol. The summed E-state index contributed by atoms with van der Waals surface area (Å²) in [6.45, 7) is 0.987. The van der Waals surface area contributed by atoms with Crippen LogP contribution in [0.25, 0.3) is 0 Å². The topological polar surface area (TPSA) is 86.8 Å². The molecule has 0 aromatic carbocycles. The standard InChI is InChI=1S/C13H23N3O4S/c1-15-11-6-7-16(13(18)8-14-21(2,19)20)9-10(11)4-3-5-12(15)17/h10-11,14H,3-9H2,1-2H3/t10-,11+/m0/s1. The maximum absolute atomic E-state index is 12.1. The Labute approximate surface area is 125 Å². The molecule has 21 heavy (non-hydrogen) atoms. The Morgan fingerprint density at radius 2 is 2.10 bits per heavy atom. The first-order valence-corrected chi connectivity index (χ1v) is 9.15. The number of amides is 2. The predicted octanol–water partition coefficient (Wildman–Crippen LogP) is -0.605. The molecule has 2 rings (SSSR count). The van der Waals surface area contributed by atoms with Gasteiger partial charge in [-0.25, -0.2) is 13.1 Å². The molecule has 2 aliphatic heterocycles. The lowest BCUT2D eigenvalue weighted by Gasteiger charge is -2.41. The summed E-state index contributed by atoms with van der Waals surface area (Å²) in [4.78, 5) is 27.5. The van der Waals surface area contributed by atoms with Crippen LogP contribution in [0.2, 0.25) is 0 Å². The highest BCUT2D eigenvalue weighted by molar-refractivity contribution is 7.88. The number of likely N-dealkylation sites (tertiary alicyclic amines) is 2. The first kappa shape index (κ1) is 16.2. The van der Waals surface area contributed by atoms with Crippen molar-refractivity contribution in [1.82, 2.24) is 14.5 Å². The number of fused-ring (bicyclic) bond motifs is 1. The number of piperidine rings is 1. The molecule has 2 saturated heterocycles. The summed E-state index contributed by atoms with van der Waals surface area (Å²) in [5, 5.41) is 0. The van der Waals surface area contributed by atoms with E-state index < -0.39 is 10.0 Å². The van der Waals surface area contributed by atoms with Gasteiger partial charge in [-0.15, -0.1) is 0 Å². The lowest BCUT2D eigenvalue weighted by molar-refractivity contribution is -0.136. The third-order valence-electron chi connectivity index (χ3n) is 4.39. The van der Waals surface area contributed by atoms with Crippen LogP contribution in [0.15, 0.2) is 0 Å². The highest BCUT2D eigenvalue weighted by Gasteiger charge is 2.36. The zero-order valence-electron chi connectivity index (χ0n) is 12.5. The lowest BCUT2D eigenvalue weighted by atomic mass is 9.88. The van der Waals surface area contributed by atoms with Gasteiger partial charge in [0.05, 0.1) is 12.8 Å². The summed E-state index contributed by atoms with van der Waals surface area (Å²) < 4.78 is 24.3. The fraction of sp³-hybridized carbons (Fsp3) is 0.846. The molecule has 0 bridgehead atoms. The van der Waals surface area contributed by atoms with Crippen molar-refractivity contribution in [3.05, 3.63) is 0 Å². The number of sulfonamides is 1. The highest BCUT2D eigenvalue weighted by Crippen LogP contribution is 2.29. The zero-order valence-corrected chi connectivity index (χ0v) is 13.4. The number of hydrogen-bond donors (Lipinski definition) is 1. The van der Waals surface area contributed by atoms with E-state index in [2.05, 4.69) is 4.72 Å². The van der Waals surface area contributed by atoms with Crippen LogP contribution in [-0.4, -0.2) is 69.0 Å². The average molecular weight is 317 g/mol. The largest absolute Gasteiger partial charge is 0.342 e. The summed E-state index contributed by atoms with van der Waals surface area (Å²) in [6.07, 6.45) is 4.17. The quantitative estimate of drug-likeness (QED) is 0.753.